The predicted molar refractivity (Wildman–Crippen MR) is 171 cm³/mol. The van der Waals surface area contributed by atoms with Crippen molar-refractivity contribution in [3.8, 4) is 23.0 Å². The molecule has 0 saturated heterocycles. The minimum absolute atomic E-state index is 0.0232. The molecule has 5 heteroatoms. The number of pyridine rings is 1. The van der Waals surface area contributed by atoms with Crippen molar-refractivity contribution in [1.29, 1.82) is 0 Å². The number of hydrogen-bond donors (Lipinski definition) is 0. The highest BCUT2D eigenvalue weighted by atomic mass is 16.5. The lowest BCUT2D eigenvalue weighted by atomic mass is 9.88. The van der Waals surface area contributed by atoms with Crippen molar-refractivity contribution in [2.45, 2.75) is 40.0 Å². The van der Waals surface area contributed by atoms with Gasteiger partial charge in [-0.05, 0) is 90.6 Å². The summed E-state index contributed by atoms with van der Waals surface area (Å²) in [5, 5.41) is 2.37. The second-order valence-electron chi connectivity index (χ2n) is 12.3. The normalized spacial score (nSPS) is 12.0. The molecule has 3 aromatic heterocycles. The SMILES string of the molecule is Cc1cc2c(cc1C)[n+](C)cn2-c1cccc(Oc2ccc3c4ccccc4n(-c4cc(C(C)(C)C)ccn4)c3c2)c1. The highest BCUT2D eigenvalue weighted by molar-refractivity contribution is 6.09. The first kappa shape index (κ1) is 26.0. The Morgan fingerprint density at radius 2 is 1.48 bits per heavy atom. The van der Waals surface area contributed by atoms with Gasteiger partial charge in [0.15, 0.2) is 11.0 Å². The van der Waals surface area contributed by atoms with Crippen molar-refractivity contribution in [3.63, 3.8) is 0 Å². The van der Waals surface area contributed by atoms with E-state index >= 15 is 0 Å². The number of imidazole rings is 1. The summed E-state index contributed by atoms with van der Waals surface area (Å²) in [5.41, 5.74) is 9.47. The minimum atomic E-state index is 0.0232. The molecule has 3 heterocycles. The average Bonchev–Trinajstić information content (AvgIpc) is 3.47. The van der Waals surface area contributed by atoms with E-state index in [1.54, 1.807) is 0 Å². The summed E-state index contributed by atoms with van der Waals surface area (Å²) in [6.07, 6.45) is 4.04. The smallest absolute Gasteiger partial charge is 0.249 e. The molecule has 0 N–H and O–H groups in total. The molecule has 7 aromatic rings. The number of aromatic nitrogens is 4. The Morgan fingerprint density at radius 1 is 0.714 bits per heavy atom. The van der Waals surface area contributed by atoms with Crippen LogP contribution >= 0.6 is 0 Å². The average molecular weight is 552 g/mol. The molecule has 42 heavy (non-hydrogen) atoms. The van der Waals surface area contributed by atoms with E-state index in [9.17, 15) is 0 Å². The van der Waals surface area contributed by atoms with Gasteiger partial charge in [-0.25, -0.2) is 9.55 Å². The lowest BCUT2D eigenvalue weighted by molar-refractivity contribution is -0.645. The lowest BCUT2D eigenvalue weighted by Crippen LogP contribution is -2.25. The third kappa shape index (κ3) is 4.33. The van der Waals surface area contributed by atoms with Crippen LogP contribution in [0.2, 0.25) is 0 Å². The monoisotopic (exact) mass is 551 g/mol. The molecule has 7 rings (SSSR count). The van der Waals surface area contributed by atoms with Gasteiger partial charge in [0.05, 0.1) is 18.1 Å². The molecule has 0 saturated carbocycles. The molecule has 0 spiro atoms. The maximum absolute atomic E-state index is 6.52. The van der Waals surface area contributed by atoms with Gasteiger partial charge in [0.2, 0.25) is 6.33 Å². The minimum Gasteiger partial charge on any atom is -0.457 e. The zero-order valence-electron chi connectivity index (χ0n) is 25.0. The van der Waals surface area contributed by atoms with Crippen molar-refractivity contribution in [3.05, 3.63) is 120 Å². The number of aryl methyl sites for hydroxylation is 3. The third-order valence-corrected chi connectivity index (χ3v) is 8.34. The molecular formula is C37H35N4O+. The van der Waals surface area contributed by atoms with Gasteiger partial charge < -0.3 is 4.74 Å². The van der Waals surface area contributed by atoms with Crippen LogP contribution in [-0.4, -0.2) is 14.1 Å². The number of nitrogens with zero attached hydrogens (tertiary/aromatic N) is 4. The van der Waals surface area contributed by atoms with Crippen molar-refractivity contribution >= 4 is 32.8 Å². The predicted octanol–water partition coefficient (Wildman–Crippen LogP) is 8.65. The first-order valence-electron chi connectivity index (χ1n) is 14.4. The highest BCUT2D eigenvalue weighted by Crippen LogP contribution is 2.36. The first-order chi connectivity index (χ1) is 20.2. The highest BCUT2D eigenvalue weighted by Gasteiger charge is 2.19. The Balaban J connectivity index is 1.32. The van der Waals surface area contributed by atoms with E-state index in [1.165, 1.54) is 38.5 Å². The summed E-state index contributed by atoms with van der Waals surface area (Å²) in [4.78, 5) is 4.81. The maximum Gasteiger partial charge on any atom is 0.249 e. The summed E-state index contributed by atoms with van der Waals surface area (Å²) >= 11 is 0. The molecule has 0 unspecified atom stereocenters. The largest absolute Gasteiger partial charge is 0.457 e. The quantitative estimate of drug-likeness (QED) is 0.205. The van der Waals surface area contributed by atoms with Gasteiger partial charge in [-0.2, -0.15) is 4.57 Å². The van der Waals surface area contributed by atoms with E-state index in [0.717, 1.165) is 34.0 Å². The molecule has 0 bridgehead atoms. The van der Waals surface area contributed by atoms with E-state index in [1.807, 2.05) is 12.3 Å². The van der Waals surface area contributed by atoms with Gasteiger partial charge >= 0.3 is 0 Å². The van der Waals surface area contributed by atoms with Crippen molar-refractivity contribution in [2.75, 3.05) is 0 Å². The van der Waals surface area contributed by atoms with Crippen LogP contribution < -0.4 is 9.30 Å². The fourth-order valence-corrected chi connectivity index (χ4v) is 5.87. The summed E-state index contributed by atoms with van der Waals surface area (Å²) in [7, 11) is 2.09. The van der Waals surface area contributed by atoms with E-state index in [4.69, 9.17) is 9.72 Å². The van der Waals surface area contributed by atoms with Gasteiger partial charge in [-0.1, -0.05) is 45.0 Å². The molecule has 5 nitrogen and oxygen atoms in total. The van der Waals surface area contributed by atoms with Crippen LogP contribution in [0.5, 0.6) is 11.5 Å². The van der Waals surface area contributed by atoms with E-state index in [2.05, 4.69) is 147 Å². The van der Waals surface area contributed by atoms with Crippen LogP contribution in [0.4, 0.5) is 0 Å². The second-order valence-corrected chi connectivity index (χ2v) is 12.3. The Morgan fingerprint density at radius 3 is 2.31 bits per heavy atom. The third-order valence-electron chi connectivity index (χ3n) is 8.34. The summed E-state index contributed by atoms with van der Waals surface area (Å²) < 4.78 is 13.2. The second kappa shape index (κ2) is 9.59. The van der Waals surface area contributed by atoms with E-state index in [-0.39, 0.29) is 5.41 Å². The van der Waals surface area contributed by atoms with Gasteiger partial charge in [-0.3, -0.25) is 4.57 Å². The standard InChI is InChI=1S/C37H35N4O/c1-24-18-34-35(19-25(24)2)40(23-39(34)6)27-10-9-11-28(21-27)42-29-14-15-31-30-12-7-8-13-32(30)41(33(31)22-29)36-20-26(16-17-38-36)37(3,4)5/h7-23H,1-6H3/q+1. The van der Waals surface area contributed by atoms with Crippen molar-refractivity contribution in [2.24, 2.45) is 7.05 Å². The molecule has 208 valence electrons. The van der Waals surface area contributed by atoms with Gasteiger partial charge in [0.25, 0.3) is 0 Å². The molecule has 0 radical (unpaired) electrons. The number of benzene rings is 4. The van der Waals surface area contributed by atoms with Crippen molar-refractivity contribution in [1.82, 2.24) is 14.1 Å². The topological polar surface area (TPSA) is 35.9 Å². The number of ether oxygens (including phenoxy) is 1. The Kier molecular flexibility index (Phi) is 5.94. The van der Waals surface area contributed by atoms with Gasteiger partial charge in [0, 0.05) is 29.1 Å². The number of para-hydroxylation sites is 1. The Hall–Kier alpha value is -4.90. The summed E-state index contributed by atoms with van der Waals surface area (Å²) in [6.45, 7) is 11.0. The maximum atomic E-state index is 6.52. The van der Waals surface area contributed by atoms with Crippen LogP contribution in [0, 0.1) is 13.8 Å². The molecule has 0 atom stereocenters. The molecule has 0 aliphatic heterocycles. The van der Waals surface area contributed by atoms with Gasteiger partial charge in [0.1, 0.15) is 23.0 Å². The van der Waals surface area contributed by atoms with Crippen LogP contribution in [0.15, 0.2) is 104 Å². The fourth-order valence-electron chi connectivity index (χ4n) is 5.87. The fraction of sp³-hybridized carbons (Fsp3) is 0.189. The lowest BCUT2D eigenvalue weighted by Gasteiger charge is -2.20. The van der Waals surface area contributed by atoms with Crippen LogP contribution in [0.25, 0.3) is 44.3 Å². The van der Waals surface area contributed by atoms with E-state index in [0.29, 0.717) is 0 Å². The molecule has 0 fully saturated rings. The molecular weight excluding hydrogens is 516 g/mol. The zero-order valence-corrected chi connectivity index (χ0v) is 25.0. The van der Waals surface area contributed by atoms with Gasteiger partial charge in [-0.15, -0.1) is 0 Å². The number of fused-ring (bicyclic) bond motifs is 4. The summed E-state index contributed by atoms with van der Waals surface area (Å²) in [5.74, 6) is 2.48. The molecule has 4 aromatic carbocycles. The number of hydrogen-bond acceptors (Lipinski definition) is 2. The molecule has 0 aliphatic carbocycles. The first-order valence-corrected chi connectivity index (χ1v) is 14.4. The van der Waals surface area contributed by atoms with Crippen LogP contribution in [0.3, 0.4) is 0 Å². The number of rotatable bonds is 4. The van der Waals surface area contributed by atoms with Crippen LogP contribution in [-0.2, 0) is 12.5 Å². The molecule has 0 aliphatic rings. The Bertz CT molecular complexity index is 2140. The van der Waals surface area contributed by atoms with Crippen LogP contribution in [0.1, 0.15) is 37.5 Å². The summed E-state index contributed by atoms with van der Waals surface area (Å²) in [6, 6.07) is 32.0. The Labute approximate surface area is 246 Å². The zero-order chi connectivity index (χ0) is 29.2. The molecule has 0 amide bonds. The van der Waals surface area contributed by atoms with E-state index < -0.39 is 0 Å². The van der Waals surface area contributed by atoms with Crippen molar-refractivity contribution < 1.29 is 9.30 Å².